The summed E-state index contributed by atoms with van der Waals surface area (Å²) in [6.45, 7) is 0.312. The average molecular weight is 233 g/mol. The van der Waals surface area contributed by atoms with E-state index in [1.807, 2.05) is 0 Å². The van der Waals surface area contributed by atoms with Gasteiger partial charge in [0.15, 0.2) is 11.9 Å². The number of ether oxygens (including phenoxy) is 1. The zero-order valence-corrected chi connectivity index (χ0v) is 8.96. The number of hydrogen-bond acceptors (Lipinski definition) is 5. The van der Waals surface area contributed by atoms with Crippen LogP contribution in [-0.2, 0) is 0 Å². The molecule has 0 saturated carbocycles. The molecule has 5 nitrogen and oxygen atoms in total. The second-order valence-corrected chi connectivity index (χ2v) is 3.80. The lowest BCUT2D eigenvalue weighted by Gasteiger charge is -2.19. The lowest BCUT2D eigenvalue weighted by molar-refractivity contribution is 0.0525. The molecule has 0 aliphatic carbocycles. The highest BCUT2D eigenvalue weighted by atomic mass is 16.5. The molecule has 0 aromatic heterocycles. The third-order valence-corrected chi connectivity index (χ3v) is 2.67. The Morgan fingerprint density at radius 1 is 1.41 bits per heavy atom. The molecule has 2 N–H and O–H groups in total. The van der Waals surface area contributed by atoms with E-state index in [1.165, 1.54) is 12.1 Å². The van der Waals surface area contributed by atoms with Crippen LogP contribution in [0.4, 0.5) is 0 Å². The van der Waals surface area contributed by atoms with Gasteiger partial charge in [-0.2, -0.15) is 5.26 Å². The van der Waals surface area contributed by atoms with Gasteiger partial charge in [-0.25, -0.2) is 0 Å². The van der Waals surface area contributed by atoms with E-state index in [0.717, 1.165) is 0 Å². The number of carbonyl (C=O) groups is 1. The number of carbonyl (C=O) groups excluding carboxylic acids is 1. The van der Waals surface area contributed by atoms with Gasteiger partial charge in [0.1, 0.15) is 11.9 Å². The van der Waals surface area contributed by atoms with E-state index >= 15 is 0 Å². The van der Waals surface area contributed by atoms with E-state index in [-0.39, 0.29) is 5.78 Å². The van der Waals surface area contributed by atoms with Gasteiger partial charge in [-0.1, -0.05) is 6.07 Å². The molecule has 2 atom stereocenters. The van der Waals surface area contributed by atoms with Gasteiger partial charge in [0.2, 0.25) is 0 Å². The third-order valence-electron chi connectivity index (χ3n) is 2.67. The fraction of sp³-hybridized carbons (Fsp3) is 0.333. The number of nitrogens with zero attached hydrogens (tertiary/aromatic N) is 1. The highest BCUT2D eigenvalue weighted by Gasteiger charge is 2.23. The number of hydrogen-bond donors (Lipinski definition) is 2. The van der Waals surface area contributed by atoms with Crippen LogP contribution < -0.4 is 4.74 Å². The van der Waals surface area contributed by atoms with E-state index in [1.54, 1.807) is 12.1 Å². The fourth-order valence-electron chi connectivity index (χ4n) is 1.71. The van der Waals surface area contributed by atoms with Crippen molar-refractivity contribution in [2.75, 3.05) is 6.61 Å². The van der Waals surface area contributed by atoms with E-state index in [0.29, 0.717) is 29.9 Å². The molecule has 2 unspecified atom stereocenters. The molecule has 88 valence electrons. The van der Waals surface area contributed by atoms with Crippen molar-refractivity contribution in [1.82, 2.24) is 0 Å². The molecule has 0 saturated heterocycles. The maximum Gasteiger partial charge on any atom is 0.170 e. The number of ketones is 1. The smallest absolute Gasteiger partial charge is 0.170 e. The predicted molar refractivity (Wildman–Crippen MR) is 57.5 cm³/mol. The zero-order chi connectivity index (χ0) is 12.4. The topological polar surface area (TPSA) is 90.6 Å². The molecule has 1 aromatic rings. The van der Waals surface area contributed by atoms with Crippen LogP contribution in [0.25, 0.3) is 0 Å². The highest BCUT2D eigenvalue weighted by molar-refractivity contribution is 5.99. The SMILES string of the molecule is N#CC(O)C(O)c1ccc2c(c1)OCCC2=O. The number of aliphatic hydroxyl groups is 2. The Labute approximate surface area is 97.9 Å². The minimum atomic E-state index is -1.49. The number of aliphatic hydroxyl groups excluding tert-OH is 2. The molecule has 1 aliphatic rings. The summed E-state index contributed by atoms with van der Waals surface area (Å²) >= 11 is 0. The van der Waals surface area contributed by atoms with Gasteiger partial charge in [0, 0.05) is 6.42 Å². The molecule has 0 spiro atoms. The summed E-state index contributed by atoms with van der Waals surface area (Å²) in [5, 5.41) is 27.4. The molecule has 2 rings (SSSR count). The second-order valence-electron chi connectivity index (χ2n) is 3.80. The Kier molecular flexibility index (Phi) is 3.09. The molecule has 0 amide bonds. The van der Waals surface area contributed by atoms with Gasteiger partial charge < -0.3 is 14.9 Å². The standard InChI is InChI=1S/C12H11NO4/c13-6-10(15)12(16)7-1-2-8-9(14)3-4-17-11(8)5-7/h1-2,5,10,12,15-16H,3-4H2. The maximum absolute atomic E-state index is 11.5. The van der Waals surface area contributed by atoms with Gasteiger partial charge in [-0.3, -0.25) is 4.79 Å². The van der Waals surface area contributed by atoms with Gasteiger partial charge in [-0.05, 0) is 17.7 Å². The van der Waals surface area contributed by atoms with Crippen LogP contribution in [0, 0.1) is 11.3 Å². The number of benzene rings is 1. The summed E-state index contributed by atoms with van der Waals surface area (Å²) in [4.78, 5) is 11.5. The molecule has 0 fully saturated rings. The van der Waals surface area contributed by atoms with Crippen molar-refractivity contribution in [2.45, 2.75) is 18.6 Å². The molecule has 0 radical (unpaired) electrons. The molecule has 0 bridgehead atoms. The number of rotatable bonds is 2. The molecular formula is C12H11NO4. The number of fused-ring (bicyclic) bond motifs is 1. The molecule has 5 heteroatoms. The van der Waals surface area contributed by atoms with E-state index in [9.17, 15) is 15.0 Å². The number of Topliss-reactive ketones (excluding diaryl/α,β-unsaturated/α-hetero) is 1. The zero-order valence-electron chi connectivity index (χ0n) is 8.96. The second kappa shape index (κ2) is 4.53. The van der Waals surface area contributed by atoms with E-state index in [4.69, 9.17) is 10.00 Å². The Balaban J connectivity index is 2.34. The Bertz CT molecular complexity index is 492. The molecule has 1 heterocycles. The molecule has 17 heavy (non-hydrogen) atoms. The van der Waals surface area contributed by atoms with E-state index < -0.39 is 12.2 Å². The Morgan fingerprint density at radius 3 is 2.88 bits per heavy atom. The van der Waals surface area contributed by atoms with Crippen molar-refractivity contribution in [1.29, 1.82) is 5.26 Å². The van der Waals surface area contributed by atoms with Crippen LogP contribution in [0.5, 0.6) is 5.75 Å². The summed E-state index contributed by atoms with van der Waals surface area (Å²) in [6.07, 6.45) is -2.45. The highest BCUT2D eigenvalue weighted by Crippen LogP contribution is 2.29. The van der Waals surface area contributed by atoms with Crippen molar-refractivity contribution < 1.29 is 19.7 Å². The lowest BCUT2D eigenvalue weighted by atomic mass is 9.99. The van der Waals surface area contributed by atoms with Crippen molar-refractivity contribution in [3.05, 3.63) is 29.3 Å². The van der Waals surface area contributed by atoms with Crippen molar-refractivity contribution in [2.24, 2.45) is 0 Å². The first-order valence-corrected chi connectivity index (χ1v) is 5.19. The van der Waals surface area contributed by atoms with Gasteiger partial charge in [-0.15, -0.1) is 0 Å². The largest absolute Gasteiger partial charge is 0.492 e. The normalized spacial score (nSPS) is 17.6. The fourth-order valence-corrected chi connectivity index (χ4v) is 1.71. The average Bonchev–Trinajstić information content (AvgIpc) is 2.37. The van der Waals surface area contributed by atoms with E-state index in [2.05, 4.69) is 0 Å². The molecule has 1 aromatic carbocycles. The van der Waals surface area contributed by atoms with Crippen LogP contribution >= 0.6 is 0 Å². The summed E-state index contributed by atoms with van der Waals surface area (Å²) in [5.41, 5.74) is 0.825. The summed E-state index contributed by atoms with van der Waals surface area (Å²) in [7, 11) is 0. The third kappa shape index (κ3) is 2.13. The summed E-state index contributed by atoms with van der Waals surface area (Å²) in [6, 6.07) is 6.09. The van der Waals surface area contributed by atoms with Crippen LogP contribution in [0.1, 0.15) is 28.4 Å². The lowest BCUT2D eigenvalue weighted by Crippen LogP contribution is -2.18. The maximum atomic E-state index is 11.5. The quantitative estimate of drug-likeness (QED) is 0.729. The summed E-state index contributed by atoms with van der Waals surface area (Å²) < 4.78 is 5.30. The first kappa shape index (κ1) is 11.6. The number of nitriles is 1. The van der Waals surface area contributed by atoms with Crippen molar-refractivity contribution >= 4 is 5.78 Å². The van der Waals surface area contributed by atoms with Crippen LogP contribution in [0.3, 0.4) is 0 Å². The first-order chi connectivity index (χ1) is 8.13. The summed E-state index contributed by atoms with van der Waals surface area (Å²) in [5.74, 6) is 0.385. The Morgan fingerprint density at radius 2 is 2.18 bits per heavy atom. The minimum Gasteiger partial charge on any atom is -0.492 e. The van der Waals surface area contributed by atoms with Crippen LogP contribution in [-0.4, -0.2) is 28.7 Å². The predicted octanol–water partition coefficient (Wildman–Crippen LogP) is 0.570. The first-order valence-electron chi connectivity index (χ1n) is 5.19. The van der Waals surface area contributed by atoms with Gasteiger partial charge in [0.25, 0.3) is 0 Å². The van der Waals surface area contributed by atoms with Crippen LogP contribution in [0.2, 0.25) is 0 Å². The molecule has 1 aliphatic heterocycles. The Hall–Kier alpha value is -1.90. The van der Waals surface area contributed by atoms with Crippen molar-refractivity contribution in [3.63, 3.8) is 0 Å². The van der Waals surface area contributed by atoms with Gasteiger partial charge in [0.05, 0.1) is 18.2 Å². The minimum absolute atomic E-state index is 0.00637. The monoisotopic (exact) mass is 233 g/mol. The van der Waals surface area contributed by atoms with Crippen LogP contribution in [0.15, 0.2) is 18.2 Å². The molecular weight excluding hydrogens is 222 g/mol. The van der Waals surface area contributed by atoms with Crippen molar-refractivity contribution in [3.8, 4) is 11.8 Å². The van der Waals surface area contributed by atoms with Gasteiger partial charge >= 0.3 is 0 Å².